The molecule has 0 spiro atoms. The maximum atomic E-state index is 11.8. The largest absolute Gasteiger partial charge is 0.465 e. The van der Waals surface area contributed by atoms with Gasteiger partial charge in [0.1, 0.15) is 5.75 Å². The minimum absolute atomic E-state index is 0.0455. The fraction of sp³-hybridized carbons (Fsp3) is 0.176. The van der Waals surface area contributed by atoms with E-state index in [1.54, 1.807) is 0 Å². The molecule has 10 nitrogen and oxygen atoms in total. The molecule has 148 valence electrons. The number of methoxy groups -OCH3 is 2. The van der Waals surface area contributed by atoms with Gasteiger partial charge in [-0.25, -0.2) is 18.0 Å². The smallest absolute Gasteiger partial charge is 0.338 e. The Balaban J connectivity index is 2.56. The molecule has 2 rings (SSSR count). The van der Waals surface area contributed by atoms with E-state index in [1.807, 2.05) is 0 Å². The van der Waals surface area contributed by atoms with Crippen molar-refractivity contribution < 1.29 is 37.1 Å². The summed E-state index contributed by atoms with van der Waals surface area (Å²) in [6.07, 6.45) is 0.912. The Hall–Kier alpha value is -3.47. The predicted molar refractivity (Wildman–Crippen MR) is 95.4 cm³/mol. The highest BCUT2D eigenvalue weighted by Crippen LogP contribution is 2.34. The van der Waals surface area contributed by atoms with Crippen LogP contribution in [0.5, 0.6) is 11.5 Å². The number of ether oxygens (including phenoxy) is 3. The van der Waals surface area contributed by atoms with Crippen LogP contribution in [0.1, 0.15) is 20.7 Å². The molecule has 0 aliphatic heterocycles. The number of carbonyl (C=O) groups is 2. The van der Waals surface area contributed by atoms with Crippen LogP contribution in [0.2, 0.25) is 0 Å². The Kier molecular flexibility index (Phi) is 5.99. The van der Waals surface area contributed by atoms with Gasteiger partial charge in [0.25, 0.3) is 0 Å². The Morgan fingerprint density at radius 3 is 1.93 bits per heavy atom. The first kappa shape index (κ1) is 20.8. The number of nitro benzene ring substituents is 1. The number of carbonyl (C=O) groups excluding carboxylic acids is 2. The molecule has 0 aliphatic carbocycles. The number of hydrogen-bond acceptors (Lipinski definition) is 9. The predicted octanol–water partition coefficient (Wildman–Crippen LogP) is 2.36. The molecule has 0 amide bonds. The molecular formula is C17H15NO9S. The van der Waals surface area contributed by atoms with Crippen LogP contribution in [-0.2, 0) is 19.3 Å². The van der Waals surface area contributed by atoms with Gasteiger partial charge in [0.05, 0.1) is 35.2 Å². The Labute approximate surface area is 159 Å². The van der Waals surface area contributed by atoms with Crippen molar-refractivity contribution in [3.8, 4) is 11.5 Å². The lowest BCUT2D eigenvalue weighted by molar-refractivity contribution is -0.385. The summed E-state index contributed by atoms with van der Waals surface area (Å²) in [6.45, 7) is 0. The minimum atomic E-state index is -3.67. The van der Waals surface area contributed by atoms with E-state index in [2.05, 4.69) is 9.47 Å². The summed E-state index contributed by atoms with van der Waals surface area (Å²) in [7, 11) is -1.39. The normalized spacial score (nSPS) is 10.8. The van der Waals surface area contributed by atoms with Gasteiger partial charge in [-0.15, -0.1) is 0 Å². The molecule has 0 saturated carbocycles. The minimum Gasteiger partial charge on any atom is -0.465 e. The number of sulfone groups is 1. The number of hydrogen-bond donors (Lipinski definition) is 0. The molecule has 11 heteroatoms. The van der Waals surface area contributed by atoms with Gasteiger partial charge in [-0.2, -0.15) is 0 Å². The number of esters is 2. The molecule has 0 N–H and O–H groups in total. The van der Waals surface area contributed by atoms with Gasteiger partial charge >= 0.3 is 17.6 Å². The number of nitro groups is 1. The average molecular weight is 409 g/mol. The van der Waals surface area contributed by atoms with Crippen LogP contribution in [0.4, 0.5) is 5.69 Å². The summed E-state index contributed by atoms with van der Waals surface area (Å²) in [5.41, 5.74) is -0.697. The average Bonchev–Trinajstić information content (AvgIpc) is 2.65. The van der Waals surface area contributed by atoms with Crippen LogP contribution < -0.4 is 4.74 Å². The van der Waals surface area contributed by atoms with Crippen LogP contribution >= 0.6 is 0 Å². The maximum Gasteiger partial charge on any atom is 0.338 e. The third kappa shape index (κ3) is 4.62. The summed E-state index contributed by atoms with van der Waals surface area (Å²) in [5.74, 6) is -1.90. The van der Waals surface area contributed by atoms with E-state index < -0.39 is 32.4 Å². The Morgan fingerprint density at radius 2 is 1.50 bits per heavy atom. The summed E-state index contributed by atoms with van der Waals surface area (Å²) < 4.78 is 37.9. The van der Waals surface area contributed by atoms with E-state index in [9.17, 15) is 28.1 Å². The zero-order valence-electron chi connectivity index (χ0n) is 15.0. The van der Waals surface area contributed by atoms with Crippen molar-refractivity contribution in [1.82, 2.24) is 0 Å². The highest BCUT2D eigenvalue weighted by atomic mass is 32.2. The van der Waals surface area contributed by atoms with Gasteiger partial charge in [0, 0.05) is 12.3 Å². The molecule has 0 atom stereocenters. The van der Waals surface area contributed by atoms with Crippen LogP contribution in [0.15, 0.2) is 41.3 Å². The molecule has 2 aromatic rings. The zero-order chi connectivity index (χ0) is 21.1. The Morgan fingerprint density at radius 1 is 0.964 bits per heavy atom. The molecule has 0 bridgehead atoms. The quantitative estimate of drug-likeness (QED) is 0.399. The number of benzene rings is 2. The molecule has 0 heterocycles. The molecule has 0 aromatic heterocycles. The lowest BCUT2D eigenvalue weighted by Gasteiger charge is -2.10. The standard InChI is InChI=1S/C17H15NO9S/c1-25-16(19)10-6-11(17(20)26-2)8-12(7-10)27-15-5-4-13(28(3,23)24)9-14(15)18(21)22/h4-9H,1-3H3. The maximum absolute atomic E-state index is 11.8. The van der Waals surface area contributed by atoms with Crippen molar-refractivity contribution in [2.24, 2.45) is 0 Å². The second-order valence-electron chi connectivity index (χ2n) is 5.49. The van der Waals surface area contributed by atoms with E-state index in [1.165, 1.54) is 18.2 Å². The second kappa shape index (κ2) is 8.05. The number of rotatable bonds is 6. The van der Waals surface area contributed by atoms with Gasteiger partial charge in [0.15, 0.2) is 9.84 Å². The molecular weight excluding hydrogens is 394 g/mol. The third-order valence-electron chi connectivity index (χ3n) is 3.53. The van der Waals surface area contributed by atoms with E-state index in [0.717, 1.165) is 38.7 Å². The van der Waals surface area contributed by atoms with E-state index in [0.29, 0.717) is 0 Å². The van der Waals surface area contributed by atoms with Gasteiger partial charge in [-0.05, 0) is 30.3 Å². The first-order valence-electron chi connectivity index (χ1n) is 7.55. The molecule has 2 aromatic carbocycles. The molecule has 0 fully saturated rings. The van der Waals surface area contributed by atoms with Crippen molar-refractivity contribution in [2.45, 2.75) is 4.90 Å². The SMILES string of the molecule is COC(=O)c1cc(Oc2ccc(S(C)(=O)=O)cc2[N+](=O)[O-])cc(C(=O)OC)c1. The molecule has 0 radical (unpaired) electrons. The van der Waals surface area contributed by atoms with Crippen LogP contribution in [-0.4, -0.2) is 45.8 Å². The lowest BCUT2D eigenvalue weighted by Crippen LogP contribution is -2.07. The highest BCUT2D eigenvalue weighted by Gasteiger charge is 2.22. The fourth-order valence-corrected chi connectivity index (χ4v) is 2.85. The topological polar surface area (TPSA) is 139 Å². The van der Waals surface area contributed by atoms with E-state index in [4.69, 9.17) is 4.74 Å². The summed E-state index contributed by atoms with van der Waals surface area (Å²) in [6, 6.07) is 6.75. The van der Waals surface area contributed by atoms with Crippen molar-refractivity contribution in [3.05, 3.63) is 57.6 Å². The van der Waals surface area contributed by atoms with Crippen molar-refractivity contribution in [2.75, 3.05) is 20.5 Å². The van der Waals surface area contributed by atoms with Gasteiger partial charge in [-0.1, -0.05) is 0 Å². The molecule has 0 saturated heterocycles. The Bertz CT molecular complexity index is 1030. The van der Waals surface area contributed by atoms with E-state index >= 15 is 0 Å². The summed E-state index contributed by atoms with van der Waals surface area (Å²) >= 11 is 0. The van der Waals surface area contributed by atoms with Crippen LogP contribution in [0, 0.1) is 10.1 Å². The van der Waals surface area contributed by atoms with Gasteiger partial charge in [0.2, 0.25) is 5.75 Å². The monoisotopic (exact) mass is 409 g/mol. The van der Waals surface area contributed by atoms with Crippen LogP contribution in [0.25, 0.3) is 0 Å². The molecule has 0 aliphatic rings. The highest BCUT2D eigenvalue weighted by molar-refractivity contribution is 7.90. The fourth-order valence-electron chi connectivity index (χ4n) is 2.21. The zero-order valence-corrected chi connectivity index (χ0v) is 15.8. The lowest BCUT2D eigenvalue weighted by atomic mass is 10.1. The van der Waals surface area contributed by atoms with Crippen molar-refractivity contribution in [3.63, 3.8) is 0 Å². The van der Waals surface area contributed by atoms with E-state index in [-0.39, 0.29) is 27.5 Å². The van der Waals surface area contributed by atoms with Crippen LogP contribution in [0.3, 0.4) is 0 Å². The molecule has 0 unspecified atom stereocenters. The summed E-state index contributed by atoms with van der Waals surface area (Å²) in [4.78, 5) is 33.9. The first-order chi connectivity index (χ1) is 13.1. The number of nitrogens with zero attached hydrogens (tertiary/aromatic N) is 1. The van der Waals surface area contributed by atoms with Crippen molar-refractivity contribution >= 4 is 27.5 Å². The first-order valence-corrected chi connectivity index (χ1v) is 9.44. The molecule has 28 heavy (non-hydrogen) atoms. The third-order valence-corrected chi connectivity index (χ3v) is 4.64. The van der Waals surface area contributed by atoms with Crippen molar-refractivity contribution in [1.29, 1.82) is 0 Å². The van der Waals surface area contributed by atoms with Gasteiger partial charge in [-0.3, -0.25) is 10.1 Å². The summed E-state index contributed by atoms with van der Waals surface area (Å²) in [5, 5.41) is 11.3. The second-order valence-corrected chi connectivity index (χ2v) is 7.51. The van der Waals surface area contributed by atoms with Gasteiger partial charge < -0.3 is 14.2 Å².